The molecule has 0 radical (unpaired) electrons. The first kappa shape index (κ1) is 20.4. The maximum Gasteiger partial charge on any atom is 0.135 e. The molecule has 2 aliphatic rings. The highest BCUT2D eigenvalue weighted by molar-refractivity contribution is 7.12. The molecule has 2 aromatic rings. The van der Waals surface area contributed by atoms with Crippen molar-refractivity contribution in [1.82, 2.24) is 10.3 Å². The minimum absolute atomic E-state index is 0.0639. The van der Waals surface area contributed by atoms with E-state index < -0.39 is 0 Å². The molecule has 0 unspecified atom stereocenters. The van der Waals surface area contributed by atoms with Crippen LogP contribution in [0.2, 0.25) is 0 Å². The summed E-state index contributed by atoms with van der Waals surface area (Å²) < 4.78 is 11.8. The van der Waals surface area contributed by atoms with Crippen LogP contribution in [0.3, 0.4) is 0 Å². The summed E-state index contributed by atoms with van der Waals surface area (Å²) in [6, 6.07) is 8.27. The van der Waals surface area contributed by atoms with Gasteiger partial charge < -0.3 is 14.8 Å². The van der Waals surface area contributed by atoms with Crippen LogP contribution in [0, 0.1) is 12.3 Å². The fourth-order valence-electron chi connectivity index (χ4n) is 5.10. The number of hydrogen-bond acceptors (Lipinski definition) is 5. The first-order valence-corrected chi connectivity index (χ1v) is 11.4. The topological polar surface area (TPSA) is 43.4 Å². The van der Waals surface area contributed by atoms with Gasteiger partial charge in [-0.25, -0.2) is 0 Å². The second-order valence-electron chi connectivity index (χ2n) is 8.33. The van der Waals surface area contributed by atoms with Gasteiger partial charge in [0.15, 0.2) is 0 Å². The van der Waals surface area contributed by atoms with Crippen LogP contribution in [-0.2, 0) is 16.7 Å². The maximum atomic E-state index is 6.34. The van der Waals surface area contributed by atoms with Gasteiger partial charge in [-0.1, -0.05) is 24.8 Å². The molecule has 1 saturated heterocycles. The standard InChI is InChI=1S/C24H30N2O2S/c1-3-19-16-20(27-2)21(29-19)17-25-14-11-23(22-8-4-7-13-26-22)12-15-28-24(18-23)9-5-6-10-24/h1,4,7-8,13,16,25H,5-6,9-12,14-15,17-18H2,2H3/t23-/m1/s1. The van der Waals surface area contributed by atoms with E-state index in [4.69, 9.17) is 20.9 Å². The molecule has 4 nitrogen and oxygen atoms in total. The predicted octanol–water partition coefficient (Wildman–Crippen LogP) is 4.67. The minimum Gasteiger partial charge on any atom is -0.495 e. The summed E-state index contributed by atoms with van der Waals surface area (Å²) in [6.45, 7) is 2.54. The Morgan fingerprint density at radius 2 is 2.17 bits per heavy atom. The SMILES string of the molecule is C#Cc1cc(OC)c(CNCC[C@@]2(c3ccccn3)CCOC3(CCCC3)C2)s1. The Morgan fingerprint density at radius 1 is 1.31 bits per heavy atom. The van der Waals surface area contributed by atoms with Crippen LogP contribution in [0.1, 0.15) is 60.4 Å². The van der Waals surface area contributed by atoms with E-state index in [1.54, 1.807) is 18.4 Å². The lowest BCUT2D eigenvalue weighted by atomic mass is 9.68. The van der Waals surface area contributed by atoms with E-state index in [-0.39, 0.29) is 11.0 Å². The maximum absolute atomic E-state index is 6.34. The molecule has 1 aliphatic carbocycles. The van der Waals surface area contributed by atoms with Gasteiger partial charge in [0.05, 0.1) is 22.5 Å². The fourth-order valence-corrected chi connectivity index (χ4v) is 6.01. The number of ether oxygens (including phenoxy) is 2. The molecule has 2 aromatic heterocycles. The molecule has 1 saturated carbocycles. The van der Waals surface area contributed by atoms with Crippen molar-refractivity contribution >= 4 is 11.3 Å². The Morgan fingerprint density at radius 3 is 2.90 bits per heavy atom. The van der Waals surface area contributed by atoms with Crippen molar-refractivity contribution in [1.29, 1.82) is 0 Å². The summed E-state index contributed by atoms with van der Waals surface area (Å²) in [5.74, 6) is 3.59. The zero-order chi connectivity index (χ0) is 20.2. The summed E-state index contributed by atoms with van der Waals surface area (Å²) in [4.78, 5) is 6.86. The quantitative estimate of drug-likeness (QED) is 0.532. The molecule has 154 valence electrons. The van der Waals surface area contributed by atoms with Crippen molar-refractivity contribution in [2.45, 2.75) is 62.5 Å². The van der Waals surface area contributed by atoms with E-state index in [1.807, 2.05) is 18.3 Å². The summed E-state index contributed by atoms with van der Waals surface area (Å²) in [5, 5.41) is 3.63. The Balaban J connectivity index is 1.46. The van der Waals surface area contributed by atoms with Crippen molar-refractivity contribution in [2.24, 2.45) is 0 Å². The number of nitrogens with zero attached hydrogens (tertiary/aromatic N) is 1. The van der Waals surface area contributed by atoms with Crippen molar-refractivity contribution in [3.8, 4) is 18.1 Å². The van der Waals surface area contributed by atoms with Gasteiger partial charge in [0.1, 0.15) is 5.75 Å². The highest BCUT2D eigenvalue weighted by Crippen LogP contribution is 2.49. The summed E-state index contributed by atoms with van der Waals surface area (Å²) in [7, 11) is 1.70. The first-order valence-electron chi connectivity index (χ1n) is 10.6. The van der Waals surface area contributed by atoms with Crippen LogP contribution in [0.15, 0.2) is 30.5 Å². The molecule has 0 amide bonds. The average molecular weight is 411 g/mol. The van der Waals surface area contributed by atoms with Gasteiger partial charge in [0.2, 0.25) is 0 Å². The number of pyridine rings is 1. The van der Waals surface area contributed by atoms with Crippen LogP contribution >= 0.6 is 11.3 Å². The Hall–Kier alpha value is -1.87. The molecule has 2 fully saturated rings. The van der Waals surface area contributed by atoms with E-state index in [2.05, 4.69) is 23.4 Å². The van der Waals surface area contributed by atoms with E-state index in [9.17, 15) is 0 Å². The third kappa shape index (κ3) is 4.35. The molecular weight excluding hydrogens is 380 g/mol. The normalized spacial score (nSPS) is 23.2. The predicted molar refractivity (Wildman–Crippen MR) is 117 cm³/mol. The second-order valence-corrected chi connectivity index (χ2v) is 9.47. The van der Waals surface area contributed by atoms with Gasteiger partial charge in [0, 0.05) is 36.5 Å². The van der Waals surface area contributed by atoms with E-state index in [0.717, 1.165) is 54.5 Å². The first-order chi connectivity index (χ1) is 14.2. The van der Waals surface area contributed by atoms with Crippen molar-refractivity contribution in [2.75, 3.05) is 20.3 Å². The summed E-state index contributed by atoms with van der Waals surface area (Å²) in [6.07, 6.45) is 15.6. The molecule has 1 aliphatic heterocycles. The highest BCUT2D eigenvalue weighted by atomic mass is 32.1. The van der Waals surface area contributed by atoms with Crippen LogP contribution in [0.5, 0.6) is 5.75 Å². The third-order valence-electron chi connectivity index (χ3n) is 6.57. The number of thiophene rings is 1. The van der Waals surface area contributed by atoms with Gasteiger partial charge in [-0.15, -0.1) is 17.8 Å². The molecule has 1 atom stereocenters. The largest absolute Gasteiger partial charge is 0.495 e. The van der Waals surface area contributed by atoms with Crippen LogP contribution in [-0.4, -0.2) is 30.8 Å². The van der Waals surface area contributed by atoms with Gasteiger partial charge in [-0.2, -0.15) is 0 Å². The van der Waals surface area contributed by atoms with E-state index in [1.165, 1.54) is 31.4 Å². The zero-order valence-electron chi connectivity index (χ0n) is 17.2. The number of nitrogens with one attached hydrogen (secondary N) is 1. The average Bonchev–Trinajstić information content (AvgIpc) is 3.38. The lowest BCUT2D eigenvalue weighted by molar-refractivity contribution is -0.104. The fraction of sp³-hybridized carbons (Fsp3) is 0.542. The van der Waals surface area contributed by atoms with Crippen LogP contribution in [0.25, 0.3) is 0 Å². The summed E-state index contributed by atoms with van der Waals surface area (Å²) in [5.41, 5.74) is 1.37. The number of terminal acetylenes is 1. The molecule has 4 rings (SSSR count). The van der Waals surface area contributed by atoms with E-state index >= 15 is 0 Å². The number of rotatable bonds is 7. The highest BCUT2D eigenvalue weighted by Gasteiger charge is 2.48. The zero-order valence-corrected chi connectivity index (χ0v) is 18.0. The number of hydrogen-bond donors (Lipinski definition) is 1. The molecule has 1 N–H and O–H groups in total. The lowest BCUT2D eigenvalue weighted by Crippen LogP contribution is -2.47. The monoisotopic (exact) mass is 410 g/mol. The Bertz CT molecular complexity index is 852. The van der Waals surface area contributed by atoms with E-state index in [0.29, 0.717) is 0 Å². The molecule has 1 spiro atoms. The van der Waals surface area contributed by atoms with Gasteiger partial charge >= 0.3 is 0 Å². The third-order valence-corrected chi connectivity index (χ3v) is 7.62. The molecule has 29 heavy (non-hydrogen) atoms. The van der Waals surface area contributed by atoms with Gasteiger partial charge in [0.25, 0.3) is 0 Å². The second kappa shape index (κ2) is 8.87. The number of methoxy groups -OCH3 is 1. The Labute approximate surface area is 178 Å². The molecule has 5 heteroatoms. The molecule has 0 bridgehead atoms. The van der Waals surface area contributed by atoms with Crippen molar-refractivity contribution in [3.05, 3.63) is 45.9 Å². The minimum atomic E-state index is 0.0639. The lowest BCUT2D eigenvalue weighted by Gasteiger charge is -2.46. The van der Waals surface area contributed by atoms with Crippen molar-refractivity contribution < 1.29 is 9.47 Å². The van der Waals surface area contributed by atoms with Crippen LogP contribution in [0.4, 0.5) is 0 Å². The van der Waals surface area contributed by atoms with Crippen LogP contribution < -0.4 is 10.1 Å². The number of aromatic nitrogens is 1. The van der Waals surface area contributed by atoms with Gasteiger partial charge in [-0.3, -0.25) is 4.98 Å². The smallest absolute Gasteiger partial charge is 0.135 e. The molecule has 3 heterocycles. The Kier molecular flexibility index (Phi) is 6.24. The molecule has 0 aromatic carbocycles. The summed E-state index contributed by atoms with van der Waals surface area (Å²) >= 11 is 1.62. The molecular formula is C24H30N2O2S. The van der Waals surface area contributed by atoms with Crippen molar-refractivity contribution in [3.63, 3.8) is 0 Å². The van der Waals surface area contributed by atoms with Gasteiger partial charge in [-0.05, 0) is 50.8 Å².